The van der Waals surface area contributed by atoms with Gasteiger partial charge in [-0.15, -0.1) is 0 Å². The minimum Gasteiger partial charge on any atom is -0.373 e. The molecule has 0 spiro atoms. The number of hydrogen-bond donors (Lipinski definition) is 1. The van der Waals surface area contributed by atoms with Gasteiger partial charge in [0.05, 0.1) is 0 Å². The largest absolute Gasteiger partial charge is 0.373 e. The van der Waals surface area contributed by atoms with Gasteiger partial charge in [-0.2, -0.15) is 0 Å². The predicted octanol–water partition coefficient (Wildman–Crippen LogP) is 0.964. The van der Waals surface area contributed by atoms with Gasteiger partial charge < -0.3 is 10.1 Å². The van der Waals surface area contributed by atoms with Crippen LogP contribution in [0.25, 0.3) is 0 Å². The van der Waals surface area contributed by atoms with Gasteiger partial charge in [0.2, 0.25) is 5.91 Å². The van der Waals surface area contributed by atoms with Crippen molar-refractivity contribution in [3.8, 4) is 0 Å². The monoisotopic (exact) mass is 198 g/mol. The van der Waals surface area contributed by atoms with Gasteiger partial charge in [-0.05, 0) is 12.3 Å². The van der Waals surface area contributed by atoms with E-state index in [1.807, 2.05) is 20.8 Å². The van der Waals surface area contributed by atoms with Gasteiger partial charge in [0.25, 0.3) is 0 Å². The third kappa shape index (κ3) is 2.12. The summed E-state index contributed by atoms with van der Waals surface area (Å²) >= 11 is 0. The Morgan fingerprint density at radius 3 is 2.57 bits per heavy atom. The highest BCUT2D eigenvalue weighted by Gasteiger charge is 2.30. The first-order chi connectivity index (χ1) is 6.60. The molecule has 0 aromatic heterocycles. The van der Waals surface area contributed by atoms with Gasteiger partial charge in [0.15, 0.2) is 0 Å². The van der Waals surface area contributed by atoms with Gasteiger partial charge in [-0.25, -0.2) is 0 Å². The van der Waals surface area contributed by atoms with E-state index < -0.39 is 0 Å². The molecule has 14 heavy (non-hydrogen) atoms. The fraction of sp³-hybridized carbons (Fsp3) is 0.800. The van der Waals surface area contributed by atoms with Crippen LogP contribution in [0.4, 0.5) is 0 Å². The highest BCUT2D eigenvalue weighted by molar-refractivity contribution is 6.07. The Morgan fingerprint density at radius 1 is 1.57 bits per heavy atom. The number of ether oxygens (including phenoxy) is 1. The van der Waals surface area contributed by atoms with Crippen molar-refractivity contribution in [2.75, 3.05) is 7.11 Å². The summed E-state index contributed by atoms with van der Waals surface area (Å²) in [6, 6.07) is -0.221. The molecule has 1 amide bonds. The first kappa shape index (κ1) is 11.2. The zero-order valence-corrected chi connectivity index (χ0v) is 9.20. The molecule has 0 aliphatic carbocycles. The topological polar surface area (TPSA) is 50.7 Å². The summed E-state index contributed by atoms with van der Waals surface area (Å²) in [7, 11) is 1.64. The summed E-state index contributed by atoms with van der Waals surface area (Å²) in [6.45, 7) is 6.04. The maximum Gasteiger partial charge on any atom is 0.250 e. The van der Waals surface area contributed by atoms with Crippen molar-refractivity contribution in [3.63, 3.8) is 0 Å². The molecular formula is C10H18N2O2. The highest BCUT2D eigenvalue weighted by atomic mass is 16.5. The van der Waals surface area contributed by atoms with Crippen molar-refractivity contribution in [1.29, 1.82) is 0 Å². The lowest BCUT2D eigenvalue weighted by Crippen LogP contribution is -2.39. The minimum atomic E-state index is -0.221. The lowest BCUT2D eigenvalue weighted by molar-refractivity contribution is -0.120. The molecule has 0 saturated carbocycles. The van der Waals surface area contributed by atoms with E-state index in [2.05, 4.69) is 10.3 Å². The number of methoxy groups -OCH3 is 1. The van der Waals surface area contributed by atoms with Gasteiger partial charge in [0, 0.05) is 7.11 Å². The van der Waals surface area contributed by atoms with Gasteiger partial charge >= 0.3 is 0 Å². The second-order valence-corrected chi connectivity index (χ2v) is 3.83. The Balaban J connectivity index is 2.74. The molecule has 1 aliphatic rings. The predicted molar refractivity (Wildman–Crippen MR) is 55.3 cm³/mol. The number of hydrogen-bond acceptors (Lipinski definition) is 3. The van der Waals surface area contributed by atoms with E-state index in [9.17, 15) is 4.79 Å². The van der Waals surface area contributed by atoms with Crippen molar-refractivity contribution >= 4 is 11.7 Å². The number of carbonyl (C=O) groups excluding carboxylic acids is 1. The Bertz CT molecular complexity index is 249. The Labute approximate surface area is 84.7 Å². The van der Waals surface area contributed by atoms with Gasteiger partial charge in [-0.1, -0.05) is 20.8 Å². The average Bonchev–Trinajstić information content (AvgIpc) is 2.47. The number of amides is 1. The van der Waals surface area contributed by atoms with E-state index in [4.69, 9.17) is 4.74 Å². The molecule has 4 nitrogen and oxygen atoms in total. The van der Waals surface area contributed by atoms with Crippen molar-refractivity contribution in [2.45, 2.75) is 39.3 Å². The molecular weight excluding hydrogens is 180 g/mol. The molecule has 80 valence electrons. The molecule has 1 aliphatic heterocycles. The summed E-state index contributed by atoms with van der Waals surface area (Å²) in [5, 5.41) is 2.77. The second-order valence-electron chi connectivity index (χ2n) is 3.83. The lowest BCUT2D eigenvalue weighted by atomic mass is 10.1. The van der Waals surface area contributed by atoms with Crippen LogP contribution < -0.4 is 5.32 Å². The average molecular weight is 198 g/mol. The first-order valence-corrected chi connectivity index (χ1v) is 5.01. The highest BCUT2D eigenvalue weighted by Crippen LogP contribution is 2.13. The molecule has 2 unspecified atom stereocenters. The molecule has 0 aromatic carbocycles. The van der Waals surface area contributed by atoms with E-state index in [1.165, 1.54) is 0 Å². The van der Waals surface area contributed by atoms with Crippen molar-refractivity contribution in [2.24, 2.45) is 10.9 Å². The Morgan fingerprint density at radius 2 is 2.21 bits per heavy atom. The number of carbonyl (C=O) groups is 1. The second kappa shape index (κ2) is 4.55. The van der Waals surface area contributed by atoms with Gasteiger partial charge in [-0.3, -0.25) is 9.79 Å². The Hall–Kier alpha value is -0.900. The number of rotatable bonds is 4. The molecule has 1 rings (SSSR count). The first-order valence-electron chi connectivity index (χ1n) is 5.01. The summed E-state index contributed by atoms with van der Waals surface area (Å²) in [5.41, 5.74) is 0. The SMILES string of the molecule is CCC1N=C(C(OC)C(C)C)NC1=O. The van der Waals surface area contributed by atoms with Crippen LogP contribution >= 0.6 is 0 Å². The molecule has 1 heterocycles. The van der Waals surface area contributed by atoms with Crippen molar-refractivity contribution in [3.05, 3.63) is 0 Å². The van der Waals surface area contributed by atoms with Gasteiger partial charge in [0.1, 0.15) is 18.0 Å². The number of aliphatic imine (C=N–C) groups is 1. The third-order valence-electron chi connectivity index (χ3n) is 2.36. The van der Waals surface area contributed by atoms with Crippen LogP contribution in [0.2, 0.25) is 0 Å². The smallest absolute Gasteiger partial charge is 0.250 e. The normalized spacial score (nSPS) is 23.6. The van der Waals surface area contributed by atoms with E-state index >= 15 is 0 Å². The van der Waals surface area contributed by atoms with Crippen LogP contribution in [-0.2, 0) is 9.53 Å². The lowest BCUT2D eigenvalue weighted by Gasteiger charge is -2.18. The van der Waals surface area contributed by atoms with E-state index in [0.717, 1.165) is 6.42 Å². The Kier molecular flexibility index (Phi) is 3.63. The number of nitrogens with zero attached hydrogens (tertiary/aromatic N) is 1. The standard InChI is InChI=1S/C10H18N2O2/c1-5-7-10(13)12-9(11-7)8(14-4)6(2)3/h6-8H,5H2,1-4H3,(H,11,12,13). The van der Waals surface area contributed by atoms with E-state index in [1.54, 1.807) is 7.11 Å². The molecule has 1 N–H and O–H groups in total. The summed E-state index contributed by atoms with van der Waals surface area (Å²) in [4.78, 5) is 15.7. The molecule has 0 radical (unpaired) electrons. The fourth-order valence-electron chi connectivity index (χ4n) is 1.59. The molecule has 0 aromatic rings. The van der Waals surface area contributed by atoms with Crippen LogP contribution in [0.15, 0.2) is 4.99 Å². The van der Waals surface area contributed by atoms with E-state index in [-0.39, 0.29) is 18.1 Å². The molecule has 4 heteroatoms. The molecule has 0 bridgehead atoms. The maximum absolute atomic E-state index is 11.4. The summed E-state index contributed by atoms with van der Waals surface area (Å²) in [5.74, 6) is 0.985. The third-order valence-corrected chi connectivity index (χ3v) is 2.36. The van der Waals surface area contributed by atoms with Crippen LogP contribution in [0.1, 0.15) is 27.2 Å². The van der Waals surface area contributed by atoms with Crippen molar-refractivity contribution in [1.82, 2.24) is 5.32 Å². The van der Waals surface area contributed by atoms with Crippen molar-refractivity contribution < 1.29 is 9.53 Å². The maximum atomic E-state index is 11.4. The van der Waals surface area contributed by atoms with Crippen LogP contribution in [0.5, 0.6) is 0 Å². The zero-order chi connectivity index (χ0) is 10.7. The molecule has 2 atom stereocenters. The van der Waals surface area contributed by atoms with E-state index in [0.29, 0.717) is 11.8 Å². The number of nitrogens with one attached hydrogen (secondary N) is 1. The minimum absolute atomic E-state index is 0.00907. The number of amidine groups is 1. The summed E-state index contributed by atoms with van der Waals surface area (Å²) < 4.78 is 5.29. The fourth-order valence-corrected chi connectivity index (χ4v) is 1.59. The summed E-state index contributed by atoms with van der Waals surface area (Å²) in [6.07, 6.45) is 0.639. The quantitative estimate of drug-likeness (QED) is 0.731. The molecule has 0 saturated heterocycles. The van der Waals surface area contributed by atoms with Crippen LogP contribution in [-0.4, -0.2) is 31.0 Å². The molecule has 0 fully saturated rings. The van der Waals surface area contributed by atoms with Crippen LogP contribution in [0.3, 0.4) is 0 Å². The van der Waals surface area contributed by atoms with Crippen LogP contribution in [0, 0.1) is 5.92 Å². The zero-order valence-electron chi connectivity index (χ0n) is 9.20.